The molecule has 0 atom stereocenters. The summed E-state index contributed by atoms with van der Waals surface area (Å²) in [4.78, 5) is 6.88. The Bertz CT molecular complexity index is 2880. The van der Waals surface area contributed by atoms with Crippen LogP contribution in [-0.2, 0) is 5.41 Å². The van der Waals surface area contributed by atoms with Gasteiger partial charge in [-0.3, -0.25) is 4.98 Å². The monoisotopic (exact) mass is 742 g/mol. The van der Waals surface area contributed by atoms with E-state index in [0.29, 0.717) is 0 Å². The molecular weight excluding hydrogens is 701 g/mol. The van der Waals surface area contributed by atoms with Crippen LogP contribution < -0.4 is 4.90 Å². The predicted molar refractivity (Wildman–Crippen MR) is 244 cm³/mol. The van der Waals surface area contributed by atoms with Crippen LogP contribution in [0, 0.1) is 0 Å². The van der Waals surface area contributed by atoms with Crippen LogP contribution in [0.2, 0.25) is 0 Å². The van der Waals surface area contributed by atoms with Crippen LogP contribution in [0.3, 0.4) is 0 Å². The Morgan fingerprint density at radius 3 is 1.55 bits per heavy atom. The fourth-order valence-electron chi connectivity index (χ4n) is 8.88. The van der Waals surface area contributed by atoms with Gasteiger partial charge in [-0.2, -0.15) is 0 Å². The molecule has 1 aliphatic rings. The number of anilines is 3. The Morgan fingerprint density at radius 2 is 0.879 bits per heavy atom. The van der Waals surface area contributed by atoms with Crippen molar-refractivity contribution in [3.63, 3.8) is 0 Å². The number of hydrogen-bond acceptors (Lipinski definition) is 2. The lowest BCUT2D eigenvalue weighted by molar-refractivity contribution is 0.660. The highest BCUT2D eigenvalue weighted by Crippen LogP contribution is 2.53. The zero-order valence-electron chi connectivity index (χ0n) is 32.7. The van der Waals surface area contributed by atoms with Crippen LogP contribution in [0.25, 0.3) is 66.8 Å². The van der Waals surface area contributed by atoms with E-state index in [-0.39, 0.29) is 5.41 Å². The molecule has 276 valence electrons. The third-order valence-electron chi connectivity index (χ3n) is 11.8. The average Bonchev–Trinajstić information content (AvgIpc) is 3.52. The lowest BCUT2D eigenvalue weighted by Gasteiger charge is -2.31. The van der Waals surface area contributed by atoms with E-state index in [2.05, 4.69) is 224 Å². The highest BCUT2D eigenvalue weighted by Gasteiger charge is 2.36. The van der Waals surface area contributed by atoms with Gasteiger partial charge in [0.05, 0.1) is 5.69 Å². The minimum Gasteiger partial charge on any atom is -0.310 e. The van der Waals surface area contributed by atoms with Crippen molar-refractivity contribution in [1.82, 2.24) is 4.98 Å². The highest BCUT2D eigenvalue weighted by molar-refractivity contribution is 6.01. The number of benzene rings is 8. The van der Waals surface area contributed by atoms with Crippen LogP contribution >= 0.6 is 0 Å². The van der Waals surface area contributed by atoms with Crippen molar-refractivity contribution in [2.75, 3.05) is 4.90 Å². The van der Waals surface area contributed by atoms with Gasteiger partial charge in [-0.05, 0) is 115 Å². The zero-order valence-corrected chi connectivity index (χ0v) is 32.7. The summed E-state index contributed by atoms with van der Waals surface area (Å²) in [6.07, 6.45) is 3.79. The molecule has 8 aromatic carbocycles. The molecule has 0 saturated heterocycles. The van der Waals surface area contributed by atoms with Crippen LogP contribution in [0.1, 0.15) is 25.0 Å². The van der Waals surface area contributed by atoms with Crippen molar-refractivity contribution < 1.29 is 0 Å². The smallest absolute Gasteiger partial charge is 0.0546 e. The zero-order chi connectivity index (χ0) is 39.1. The minimum absolute atomic E-state index is 0.226. The quantitative estimate of drug-likeness (QED) is 0.154. The van der Waals surface area contributed by atoms with Crippen LogP contribution in [-0.4, -0.2) is 4.98 Å². The van der Waals surface area contributed by atoms with Gasteiger partial charge in [0.15, 0.2) is 0 Å². The van der Waals surface area contributed by atoms with E-state index in [4.69, 9.17) is 0 Å². The Labute approximate surface area is 341 Å². The molecule has 1 aromatic heterocycles. The molecule has 0 unspecified atom stereocenters. The predicted octanol–water partition coefficient (Wildman–Crippen LogP) is 15.2. The van der Waals surface area contributed by atoms with Gasteiger partial charge in [-0.25, -0.2) is 0 Å². The molecule has 0 fully saturated rings. The Morgan fingerprint density at radius 1 is 0.362 bits per heavy atom. The molecule has 0 amide bonds. The largest absolute Gasteiger partial charge is 0.310 e. The highest BCUT2D eigenvalue weighted by atomic mass is 15.1. The van der Waals surface area contributed by atoms with Gasteiger partial charge in [-0.15, -0.1) is 0 Å². The summed E-state index contributed by atoms with van der Waals surface area (Å²) in [6.45, 7) is 4.73. The molecule has 58 heavy (non-hydrogen) atoms. The number of fused-ring (bicyclic) bond motifs is 3. The lowest BCUT2D eigenvalue weighted by atomic mass is 9.81. The molecule has 2 heteroatoms. The van der Waals surface area contributed by atoms with Gasteiger partial charge < -0.3 is 4.90 Å². The van der Waals surface area contributed by atoms with Crippen LogP contribution in [0.5, 0.6) is 0 Å². The first-order chi connectivity index (χ1) is 28.5. The van der Waals surface area contributed by atoms with E-state index in [0.717, 1.165) is 22.6 Å². The molecule has 2 nitrogen and oxygen atoms in total. The molecule has 0 spiro atoms. The lowest BCUT2D eigenvalue weighted by Crippen LogP contribution is -2.17. The SMILES string of the molecule is CC1(C)c2cc(-c3cccnc3)ccc2-c2ccc(N(c3ccc(-c4ccccc4)cc3)c3cccc(-c4ccccc4)c3-c3ccccc3-c3ccccc3)cc21. The number of hydrogen-bond donors (Lipinski definition) is 0. The third kappa shape index (κ3) is 6.20. The number of nitrogens with zero attached hydrogens (tertiary/aromatic N) is 2. The molecule has 0 saturated carbocycles. The second-order valence-electron chi connectivity index (χ2n) is 15.6. The van der Waals surface area contributed by atoms with Crippen molar-refractivity contribution in [2.45, 2.75) is 19.3 Å². The number of rotatable bonds is 8. The topological polar surface area (TPSA) is 16.1 Å². The van der Waals surface area contributed by atoms with E-state index in [9.17, 15) is 0 Å². The first-order valence-electron chi connectivity index (χ1n) is 20.0. The van der Waals surface area contributed by atoms with E-state index >= 15 is 0 Å². The first kappa shape index (κ1) is 35.1. The van der Waals surface area contributed by atoms with Gasteiger partial charge in [0, 0.05) is 34.7 Å². The normalized spacial score (nSPS) is 12.4. The van der Waals surface area contributed by atoms with Gasteiger partial charge >= 0.3 is 0 Å². The molecule has 0 radical (unpaired) electrons. The minimum atomic E-state index is -0.226. The number of aromatic nitrogens is 1. The molecule has 0 aliphatic heterocycles. The van der Waals surface area contributed by atoms with Crippen LogP contribution in [0.4, 0.5) is 17.1 Å². The summed E-state index contributed by atoms with van der Waals surface area (Å²) < 4.78 is 0. The Kier molecular flexibility index (Phi) is 8.88. The van der Waals surface area contributed by atoms with Crippen molar-refractivity contribution in [1.29, 1.82) is 0 Å². The molecule has 0 bridgehead atoms. The summed E-state index contributed by atoms with van der Waals surface area (Å²) in [5.41, 5.74) is 20.2. The summed E-state index contributed by atoms with van der Waals surface area (Å²) in [5.74, 6) is 0. The standard InChI is InChI=1S/C56H42N2/c1-56(2)52-36-43(44-22-15-35-57-38-44)29-33-49(52)50-34-32-46(37-53(50)56)58(45-30-27-40(28-31-45)39-16-6-3-7-17-39)54-26-14-25-48(42-20-10-5-11-21-42)55(54)51-24-13-12-23-47(51)41-18-8-4-9-19-41/h3-38H,1-2H3. The van der Waals surface area contributed by atoms with Gasteiger partial charge in [-0.1, -0.05) is 178 Å². The summed E-state index contributed by atoms with van der Waals surface area (Å²) in [5, 5.41) is 0. The second-order valence-corrected chi connectivity index (χ2v) is 15.6. The molecule has 1 heterocycles. The molecule has 0 N–H and O–H groups in total. The molecule has 10 rings (SSSR count). The van der Waals surface area contributed by atoms with E-state index in [1.807, 2.05) is 18.5 Å². The average molecular weight is 743 g/mol. The fourth-order valence-corrected chi connectivity index (χ4v) is 8.88. The van der Waals surface area contributed by atoms with Crippen molar-refractivity contribution >= 4 is 17.1 Å². The summed E-state index contributed by atoms with van der Waals surface area (Å²) >= 11 is 0. The summed E-state index contributed by atoms with van der Waals surface area (Å²) in [7, 11) is 0. The maximum atomic E-state index is 4.41. The Hall–Kier alpha value is -7.29. The fraction of sp³-hybridized carbons (Fsp3) is 0.0536. The second kappa shape index (κ2) is 14.7. The van der Waals surface area contributed by atoms with Gasteiger partial charge in [0.1, 0.15) is 0 Å². The Balaban J connectivity index is 1.20. The third-order valence-corrected chi connectivity index (χ3v) is 11.8. The van der Waals surface area contributed by atoms with Gasteiger partial charge in [0.2, 0.25) is 0 Å². The molecule has 9 aromatic rings. The maximum absolute atomic E-state index is 4.41. The maximum Gasteiger partial charge on any atom is 0.0546 e. The summed E-state index contributed by atoms with van der Waals surface area (Å²) in [6, 6.07) is 75.0. The van der Waals surface area contributed by atoms with Crippen LogP contribution in [0.15, 0.2) is 219 Å². The van der Waals surface area contributed by atoms with Crippen molar-refractivity contribution in [2.24, 2.45) is 0 Å². The van der Waals surface area contributed by atoms with Crippen molar-refractivity contribution in [3.05, 3.63) is 230 Å². The van der Waals surface area contributed by atoms with E-state index < -0.39 is 0 Å². The van der Waals surface area contributed by atoms with Gasteiger partial charge in [0.25, 0.3) is 0 Å². The van der Waals surface area contributed by atoms with E-state index in [1.165, 1.54) is 72.3 Å². The van der Waals surface area contributed by atoms with Crippen molar-refractivity contribution in [3.8, 4) is 66.8 Å². The molecule has 1 aliphatic carbocycles. The number of pyridine rings is 1. The molecular formula is C56H42N2. The van der Waals surface area contributed by atoms with E-state index in [1.54, 1.807) is 0 Å². The first-order valence-corrected chi connectivity index (χ1v) is 20.0.